The van der Waals surface area contributed by atoms with Gasteiger partial charge in [-0.3, -0.25) is 9.59 Å². The van der Waals surface area contributed by atoms with Crippen molar-refractivity contribution in [1.29, 1.82) is 0 Å². The number of rotatable bonds is 5. The molecule has 2 heterocycles. The van der Waals surface area contributed by atoms with E-state index >= 15 is 0 Å². The summed E-state index contributed by atoms with van der Waals surface area (Å²) in [6, 6.07) is 52.9. The van der Waals surface area contributed by atoms with Crippen molar-refractivity contribution in [3.63, 3.8) is 0 Å². The largest absolute Gasteiger partial charge is 0.308 e. The van der Waals surface area contributed by atoms with E-state index in [4.69, 9.17) is 0 Å². The van der Waals surface area contributed by atoms with Crippen LogP contribution in [0.4, 0.5) is 5.69 Å². The van der Waals surface area contributed by atoms with Gasteiger partial charge in [-0.1, -0.05) is 133 Å². The van der Waals surface area contributed by atoms with Crippen molar-refractivity contribution >= 4 is 39.3 Å². The predicted octanol–water partition coefficient (Wildman–Crippen LogP) is 11.2. The van der Waals surface area contributed by atoms with Gasteiger partial charge in [0, 0.05) is 21.9 Å². The van der Waals surface area contributed by atoms with Gasteiger partial charge in [-0.25, -0.2) is 4.90 Å². The highest BCUT2D eigenvalue weighted by Crippen LogP contribution is 2.43. The number of aromatic nitrogens is 1. The molecule has 0 saturated heterocycles. The molecule has 1 aliphatic heterocycles. The van der Waals surface area contributed by atoms with E-state index in [1.54, 1.807) is 6.07 Å². The number of hydrogen-bond acceptors (Lipinski definition) is 2. The highest BCUT2D eigenvalue weighted by molar-refractivity contribution is 6.36. The van der Waals surface area contributed by atoms with Crippen LogP contribution in [-0.2, 0) is 0 Å². The first-order valence-corrected chi connectivity index (χ1v) is 16.9. The number of amides is 2. The topological polar surface area (TPSA) is 42.3 Å². The summed E-state index contributed by atoms with van der Waals surface area (Å²) in [5.74, 6) is -0.660. The summed E-state index contributed by atoms with van der Waals surface area (Å²) in [5, 5.41) is 2.18. The summed E-state index contributed by atoms with van der Waals surface area (Å²) in [6.07, 6.45) is 0. The van der Waals surface area contributed by atoms with Crippen LogP contribution in [0.15, 0.2) is 158 Å². The zero-order chi connectivity index (χ0) is 33.9. The monoisotopic (exact) mass is 644 g/mol. The predicted molar refractivity (Wildman–Crippen MR) is 204 cm³/mol. The molecule has 8 aromatic rings. The average Bonchev–Trinajstić information content (AvgIpc) is 3.63. The molecule has 0 spiro atoms. The van der Waals surface area contributed by atoms with E-state index in [1.165, 1.54) is 16.0 Å². The van der Waals surface area contributed by atoms with Crippen LogP contribution >= 0.6 is 0 Å². The fourth-order valence-electron chi connectivity index (χ4n) is 7.66. The van der Waals surface area contributed by atoms with Crippen LogP contribution < -0.4 is 4.90 Å². The number of nitrogens with zero attached hydrogens (tertiary/aromatic N) is 2. The van der Waals surface area contributed by atoms with Crippen molar-refractivity contribution in [3.8, 4) is 39.1 Å². The Morgan fingerprint density at radius 1 is 0.440 bits per heavy atom. The van der Waals surface area contributed by atoms with Crippen LogP contribution in [0.2, 0.25) is 0 Å². The summed E-state index contributed by atoms with van der Waals surface area (Å²) in [6.45, 7) is 4.25. The van der Waals surface area contributed by atoms with Crippen molar-refractivity contribution in [3.05, 3.63) is 180 Å². The van der Waals surface area contributed by atoms with E-state index in [0.717, 1.165) is 55.2 Å². The minimum absolute atomic E-state index is 0.327. The lowest BCUT2D eigenvalue weighted by molar-refractivity contribution is 0.0926. The third kappa shape index (κ3) is 4.53. The first-order chi connectivity index (χ1) is 24.5. The van der Waals surface area contributed by atoms with Crippen molar-refractivity contribution in [2.45, 2.75) is 13.8 Å². The Labute approximate surface area is 290 Å². The van der Waals surface area contributed by atoms with E-state index in [0.29, 0.717) is 22.5 Å². The normalized spacial score (nSPS) is 12.6. The maximum Gasteiger partial charge on any atom is 0.268 e. The van der Waals surface area contributed by atoms with Gasteiger partial charge in [0.25, 0.3) is 11.8 Å². The lowest BCUT2D eigenvalue weighted by Crippen LogP contribution is -2.30. The fraction of sp³-hybridized carbons (Fsp3) is 0.0435. The van der Waals surface area contributed by atoms with Crippen LogP contribution in [0.3, 0.4) is 0 Å². The number of fused-ring (bicyclic) bond motifs is 4. The number of hydrogen-bond donors (Lipinski definition) is 0. The third-order valence-corrected chi connectivity index (χ3v) is 9.93. The molecular formula is C46H32N2O2. The Balaban J connectivity index is 1.27. The van der Waals surface area contributed by atoms with Gasteiger partial charge < -0.3 is 4.57 Å². The molecule has 0 radical (unpaired) electrons. The molecular weight excluding hydrogens is 613 g/mol. The first-order valence-electron chi connectivity index (χ1n) is 16.9. The second-order valence-electron chi connectivity index (χ2n) is 13.0. The third-order valence-electron chi connectivity index (χ3n) is 9.93. The number of carbonyl (C=O) groups excluding carboxylic acids is 2. The Morgan fingerprint density at radius 2 is 1.12 bits per heavy atom. The maximum absolute atomic E-state index is 14.9. The van der Waals surface area contributed by atoms with Gasteiger partial charge >= 0.3 is 0 Å². The Morgan fingerprint density at radius 3 is 1.90 bits per heavy atom. The number of benzene rings is 7. The Bertz CT molecular complexity index is 2650. The van der Waals surface area contributed by atoms with Crippen LogP contribution in [-0.4, -0.2) is 16.4 Å². The summed E-state index contributed by atoms with van der Waals surface area (Å²) in [4.78, 5) is 30.7. The molecule has 7 aromatic carbocycles. The van der Waals surface area contributed by atoms with Gasteiger partial charge in [0.05, 0.1) is 33.5 Å². The van der Waals surface area contributed by atoms with Gasteiger partial charge in [0.1, 0.15) is 0 Å². The van der Waals surface area contributed by atoms with Crippen LogP contribution in [0.25, 0.3) is 60.9 Å². The number of anilines is 1. The minimum Gasteiger partial charge on any atom is -0.308 e. The highest BCUT2D eigenvalue weighted by Gasteiger charge is 2.40. The smallest absolute Gasteiger partial charge is 0.268 e. The molecule has 1 aliphatic rings. The first kappa shape index (κ1) is 29.6. The van der Waals surface area contributed by atoms with Crippen molar-refractivity contribution in [2.75, 3.05) is 4.90 Å². The van der Waals surface area contributed by atoms with Gasteiger partial charge in [-0.05, 0) is 72.0 Å². The Kier molecular flexibility index (Phi) is 6.85. The van der Waals surface area contributed by atoms with Crippen LogP contribution in [0.1, 0.15) is 31.8 Å². The fourth-order valence-corrected chi connectivity index (χ4v) is 7.66. The molecule has 238 valence electrons. The molecule has 0 fully saturated rings. The minimum atomic E-state index is -0.333. The molecule has 9 rings (SSSR count). The second kappa shape index (κ2) is 11.6. The number of para-hydroxylation sites is 2. The number of aryl methyl sites for hydroxylation is 2. The molecule has 0 atom stereocenters. The molecule has 4 heteroatoms. The van der Waals surface area contributed by atoms with E-state index in [1.807, 2.05) is 84.9 Å². The molecule has 50 heavy (non-hydrogen) atoms. The van der Waals surface area contributed by atoms with Crippen LogP contribution in [0, 0.1) is 13.8 Å². The van der Waals surface area contributed by atoms with Gasteiger partial charge in [0.2, 0.25) is 0 Å². The molecule has 4 nitrogen and oxygen atoms in total. The average molecular weight is 645 g/mol. The standard InChI is InChI=1S/C46H32N2O2/c1-29-23-25-34(30(2)27-29)36-18-11-19-37-35-17-9-10-21-40(35)47(44(36)37)42-22-12-20-38-43(42)46(50)48(45(38)49)41-26-24-33(31-13-5-3-6-14-31)28-39(41)32-15-7-4-8-16-32/h3-28H,1-2H3. The van der Waals surface area contributed by atoms with Crippen molar-refractivity contribution in [1.82, 2.24) is 4.57 Å². The van der Waals surface area contributed by atoms with E-state index in [2.05, 4.69) is 85.1 Å². The highest BCUT2D eigenvalue weighted by atomic mass is 16.2. The van der Waals surface area contributed by atoms with Gasteiger partial charge in [-0.2, -0.15) is 0 Å². The van der Waals surface area contributed by atoms with Crippen molar-refractivity contribution in [2.24, 2.45) is 0 Å². The summed E-state index contributed by atoms with van der Waals surface area (Å²) < 4.78 is 2.18. The quantitative estimate of drug-likeness (QED) is 0.175. The lowest BCUT2D eigenvalue weighted by Gasteiger charge is -2.20. The zero-order valence-corrected chi connectivity index (χ0v) is 27.7. The van der Waals surface area contributed by atoms with E-state index in [9.17, 15) is 9.59 Å². The van der Waals surface area contributed by atoms with E-state index in [-0.39, 0.29) is 11.8 Å². The van der Waals surface area contributed by atoms with E-state index < -0.39 is 0 Å². The van der Waals surface area contributed by atoms with Gasteiger partial charge in [0.15, 0.2) is 0 Å². The molecule has 0 bridgehead atoms. The number of carbonyl (C=O) groups is 2. The number of imide groups is 1. The lowest BCUT2D eigenvalue weighted by atomic mass is 9.96. The zero-order valence-electron chi connectivity index (χ0n) is 27.7. The Hall–Kier alpha value is -6.52. The SMILES string of the molecule is Cc1ccc(-c2cccc3c4ccccc4n(-c4cccc5c4C(=O)N(c4ccc(-c6ccccc6)cc4-c4ccccc4)C5=O)c23)c(C)c1. The maximum atomic E-state index is 14.9. The summed E-state index contributed by atoms with van der Waals surface area (Å²) >= 11 is 0. The summed E-state index contributed by atoms with van der Waals surface area (Å²) in [5.41, 5.74) is 12.4. The van der Waals surface area contributed by atoms with Crippen molar-refractivity contribution < 1.29 is 9.59 Å². The summed E-state index contributed by atoms with van der Waals surface area (Å²) in [7, 11) is 0. The molecule has 1 aromatic heterocycles. The molecule has 0 unspecified atom stereocenters. The van der Waals surface area contributed by atoms with Crippen LogP contribution in [0.5, 0.6) is 0 Å². The molecule has 0 saturated carbocycles. The molecule has 0 N–H and O–H groups in total. The molecule has 2 amide bonds. The molecule has 0 aliphatic carbocycles. The second-order valence-corrected chi connectivity index (χ2v) is 13.0. The van der Waals surface area contributed by atoms with Gasteiger partial charge in [-0.15, -0.1) is 0 Å².